The van der Waals surface area contributed by atoms with Crippen LogP contribution in [0.3, 0.4) is 0 Å². The molecule has 0 amide bonds. The quantitative estimate of drug-likeness (QED) is 0.360. The van der Waals surface area contributed by atoms with E-state index in [9.17, 15) is 13.2 Å². The van der Waals surface area contributed by atoms with Crippen molar-refractivity contribution in [3.8, 4) is 0 Å². The molecule has 2 aliphatic rings. The Balaban J connectivity index is 1.72. The second-order valence-corrected chi connectivity index (χ2v) is 7.97. The number of alkyl halides is 3. The van der Waals surface area contributed by atoms with Crippen LogP contribution in [0.25, 0.3) is 0 Å². The summed E-state index contributed by atoms with van der Waals surface area (Å²) in [7, 11) is 1.74. The zero-order valence-corrected chi connectivity index (χ0v) is 16.7. The van der Waals surface area contributed by atoms with Gasteiger partial charge in [0.15, 0.2) is 5.96 Å². The molecule has 158 valence electrons. The number of likely N-dealkylation sites (tertiary alicyclic amines) is 1. The highest BCUT2D eigenvalue weighted by Gasteiger charge is 2.35. The van der Waals surface area contributed by atoms with E-state index in [0.717, 1.165) is 38.6 Å². The Kier molecular flexibility index (Phi) is 8.66. The Morgan fingerprint density at radius 3 is 2.63 bits per heavy atom. The number of ether oxygens (including phenoxy) is 1. The van der Waals surface area contributed by atoms with Gasteiger partial charge in [-0.2, -0.15) is 13.2 Å². The number of halogens is 3. The normalized spacial score (nSPS) is 23.7. The van der Waals surface area contributed by atoms with E-state index in [1.165, 1.54) is 30.6 Å². The molecule has 0 aromatic rings. The van der Waals surface area contributed by atoms with Crippen LogP contribution in [0.5, 0.6) is 0 Å². The van der Waals surface area contributed by atoms with Gasteiger partial charge in [0.25, 0.3) is 0 Å². The van der Waals surface area contributed by atoms with Gasteiger partial charge in [-0.3, -0.25) is 9.89 Å². The molecular weight excluding hydrogens is 357 g/mol. The van der Waals surface area contributed by atoms with Crippen LogP contribution in [0.15, 0.2) is 4.99 Å². The maximum atomic E-state index is 12.5. The summed E-state index contributed by atoms with van der Waals surface area (Å²) in [6.07, 6.45) is 2.67. The van der Waals surface area contributed by atoms with Crippen LogP contribution in [-0.2, 0) is 4.74 Å². The van der Waals surface area contributed by atoms with Crippen LogP contribution in [-0.4, -0.2) is 70.0 Å². The third-order valence-corrected chi connectivity index (χ3v) is 5.83. The fourth-order valence-electron chi connectivity index (χ4n) is 4.28. The SMILES string of the molecule is CCOCCC1(CNC(=NC)NCC2CCN(CC(F)(F)F)C2)CCCC1. The lowest BCUT2D eigenvalue weighted by Gasteiger charge is -2.30. The van der Waals surface area contributed by atoms with Gasteiger partial charge in [0.1, 0.15) is 0 Å². The Labute approximate surface area is 161 Å². The van der Waals surface area contributed by atoms with Crippen molar-refractivity contribution < 1.29 is 17.9 Å². The summed E-state index contributed by atoms with van der Waals surface area (Å²) in [5, 5.41) is 6.75. The van der Waals surface area contributed by atoms with Gasteiger partial charge in [-0.15, -0.1) is 0 Å². The monoisotopic (exact) mass is 392 g/mol. The van der Waals surface area contributed by atoms with E-state index in [1.54, 1.807) is 7.05 Å². The molecule has 2 rings (SSSR count). The standard InChI is InChI=1S/C19H35F3N4O/c1-3-27-11-9-18(7-4-5-8-18)14-25-17(23-2)24-12-16-6-10-26(13-16)15-19(20,21)22/h16H,3-15H2,1-2H3,(H2,23,24,25). The van der Waals surface area contributed by atoms with Crippen molar-refractivity contribution in [1.82, 2.24) is 15.5 Å². The van der Waals surface area contributed by atoms with Gasteiger partial charge in [0, 0.05) is 39.9 Å². The molecule has 1 saturated carbocycles. The number of rotatable bonds is 9. The van der Waals surface area contributed by atoms with Crippen molar-refractivity contribution in [3.63, 3.8) is 0 Å². The summed E-state index contributed by atoms with van der Waals surface area (Å²) in [5.74, 6) is 0.969. The van der Waals surface area contributed by atoms with Crippen LogP contribution < -0.4 is 10.6 Å². The Hall–Kier alpha value is -1.02. The van der Waals surface area contributed by atoms with Crippen LogP contribution >= 0.6 is 0 Å². The maximum Gasteiger partial charge on any atom is 0.401 e. The van der Waals surface area contributed by atoms with Crippen LogP contribution in [0.1, 0.15) is 45.4 Å². The molecule has 0 radical (unpaired) electrons. The van der Waals surface area contributed by atoms with E-state index in [0.29, 0.717) is 19.6 Å². The molecule has 1 aliphatic heterocycles. The first kappa shape index (κ1) is 22.3. The van der Waals surface area contributed by atoms with Crippen molar-refractivity contribution in [2.45, 2.75) is 51.6 Å². The van der Waals surface area contributed by atoms with Gasteiger partial charge in [0.2, 0.25) is 0 Å². The molecule has 1 heterocycles. The van der Waals surface area contributed by atoms with Crippen molar-refractivity contribution in [2.24, 2.45) is 16.3 Å². The lowest BCUT2D eigenvalue weighted by Crippen LogP contribution is -2.45. The molecule has 1 unspecified atom stereocenters. The molecule has 0 aromatic heterocycles. The number of nitrogens with zero attached hydrogens (tertiary/aromatic N) is 2. The second-order valence-electron chi connectivity index (χ2n) is 7.97. The largest absolute Gasteiger partial charge is 0.401 e. The van der Waals surface area contributed by atoms with Gasteiger partial charge in [-0.1, -0.05) is 12.8 Å². The van der Waals surface area contributed by atoms with Crippen molar-refractivity contribution in [3.05, 3.63) is 0 Å². The minimum atomic E-state index is -4.11. The minimum absolute atomic E-state index is 0.226. The van der Waals surface area contributed by atoms with E-state index in [-0.39, 0.29) is 11.3 Å². The third kappa shape index (κ3) is 7.86. The molecule has 5 nitrogen and oxygen atoms in total. The molecule has 0 bridgehead atoms. The Morgan fingerprint density at radius 2 is 2.00 bits per heavy atom. The fraction of sp³-hybridized carbons (Fsp3) is 0.947. The van der Waals surface area contributed by atoms with Gasteiger partial charge < -0.3 is 15.4 Å². The molecule has 1 saturated heterocycles. The molecule has 2 fully saturated rings. The highest BCUT2D eigenvalue weighted by Crippen LogP contribution is 2.40. The topological polar surface area (TPSA) is 48.9 Å². The third-order valence-electron chi connectivity index (χ3n) is 5.83. The zero-order chi connectivity index (χ0) is 19.8. The van der Waals surface area contributed by atoms with Gasteiger partial charge >= 0.3 is 6.18 Å². The molecule has 1 atom stereocenters. The lowest BCUT2D eigenvalue weighted by molar-refractivity contribution is -0.143. The predicted octanol–water partition coefficient (Wildman–Crippen LogP) is 3.02. The summed E-state index contributed by atoms with van der Waals surface area (Å²) in [4.78, 5) is 5.78. The maximum absolute atomic E-state index is 12.5. The number of nitrogens with one attached hydrogen (secondary N) is 2. The summed E-state index contributed by atoms with van der Waals surface area (Å²) in [6.45, 7) is 5.27. The van der Waals surface area contributed by atoms with Crippen LogP contribution in [0.2, 0.25) is 0 Å². The number of aliphatic imine (C=N–C) groups is 1. The highest BCUT2D eigenvalue weighted by atomic mass is 19.4. The van der Waals surface area contributed by atoms with E-state index >= 15 is 0 Å². The molecular formula is C19H35F3N4O. The van der Waals surface area contributed by atoms with Gasteiger partial charge in [0.05, 0.1) is 6.54 Å². The average molecular weight is 393 g/mol. The zero-order valence-electron chi connectivity index (χ0n) is 16.7. The van der Waals surface area contributed by atoms with E-state index in [1.807, 2.05) is 6.92 Å². The second kappa shape index (κ2) is 10.5. The minimum Gasteiger partial charge on any atom is -0.382 e. The lowest BCUT2D eigenvalue weighted by atomic mass is 9.83. The number of hydrogen-bond acceptors (Lipinski definition) is 3. The van der Waals surface area contributed by atoms with E-state index in [2.05, 4.69) is 15.6 Å². The predicted molar refractivity (Wildman–Crippen MR) is 102 cm³/mol. The van der Waals surface area contributed by atoms with Gasteiger partial charge in [-0.25, -0.2) is 0 Å². The van der Waals surface area contributed by atoms with Crippen molar-refractivity contribution >= 4 is 5.96 Å². The van der Waals surface area contributed by atoms with Gasteiger partial charge in [-0.05, 0) is 50.5 Å². The summed E-state index contributed by atoms with van der Waals surface area (Å²) < 4.78 is 43.1. The number of hydrogen-bond donors (Lipinski definition) is 2. The molecule has 2 N–H and O–H groups in total. The van der Waals surface area contributed by atoms with Crippen molar-refractivity contribution in [1.29, 1.82) is 0 Å². The first-order chi connectivity index (χ1) is 12.9. The van der Waals surface area contributed by atoms with Crippen molar-refractivity contribution in [2.75, 3.05) is 53.0 Å². The fourth-order valence-corrected chi connectivity index (χ4v) is 4.28. The molecule has 27 heavy (non-hydrogen) atoms. The molecule has 1 aliphatic carbocycles. The Morgan fingerprint density at radius 1 is 1.26 bits per heavy atom. The van der Waals surface area contributed by atoms with E-state index < -0.39 is 12.7 Å². The summed E-state index contributed by atoms with van der Waals surface area (Å²) in [5.41, 5.74) is 0.268. The first-order valence-corrected chi connectivity index (χ1v) is 10.2. The molecule has 8 heteroatoms. The highest BCUT2D eigenvalue weighted by molar-refractivity contribution is 5.79. The molecule has 0 spiro atoms. The Bertz CT molecular complexity index is 464. The van der Waals surface area contributed by atoms with E-state index in [4.69, 9.17) is 4.74 Å². The summed E-state index contributed by atoms with van der Waals surface area (Å²) in [6, 6.07) is 0. The van der Waals surface area contributed by atoms with Crippen LogP contribution in [0, 0.1) is 11.3 Å². The summed E-state index contributed by atoms with van der Waals surface area (Å²) >= 11 is 0. The van der Waals surface area contributed by atoms with Crippen LogP contribution in [0.4, 0.5) is 13.2 Å². The number of guanidine groups is 1. The first-order valence-electron chi connectivity index (χ1n) is 10.2. The smallest absolute Gasteiger partial charge is 0.382 e. The molecule has 0 aromatic carbocycles. The average Bonchev–Trinajstić information content (AvgIpc) is 3.24.